The van der Waals surface area contributed by atoms with E-state index >= 15 is 0 Å². The number of carboxylic acids is 3. The molecule has 0 bridgehead atoms. The van der Waals surface area contributed by atoms with Crippen LogP contribution >= 0.6 is 11.8 Å². The molecular weight excluding hydrogens is 779 g/mol. The number of hydrogen-bond acceptors (Lipinski definition) is 16. The summed E-state index contributed by atoms with van der Waals surface area (Å²) in [6.07, 6.45) is 8.69. The molecular formula is C39H75N5O13S. The van der Waals surface area contributed by atoms with Gasteiger partial charge in [0.2, 0.25) is 0 Å². The Morgan fingerprint density at radius 1 is 0.569 bits per heavy atom. The standard InChI is InChI=1S/C11H19NO3.C9H18N2O3.C9H17NO4.C9H17NO3S.CH4/c1-8(13)7-10(15)5-3-4-6-11(12)9(2)14;1-7(12)6-11-5-3-2-4-8(10)9(13)14;2*1-7(11)6-14-5-3-2-4-8(10)9(12)13;/h11H,3-7,12H2,1-2H3;8,11H,2-6,10H2,1H3,(H,13,14);2*8H,2-6,10H2,1H3,(H,12,13);1H4. The molecule has 0 aromatic carbocycles. The molecule has 340 valence electrons. The van der Waals surface area contributed by atoms with Gasteiger partial charge in [-0.15, -0.1) is 0 Å². The summed E-state index contributed by atoms with van der Waals surface area (Å²) in [5.74, 6) is -1.31. The Bertz CT molecular complexity index is 1090. The van der Waals surface area contributed by atoms with Crippen LogP contribution in [0.15, 0.2) is 0 Å². The lowest BCUT2D eigenvalue weighted by Gasteiger charge is -2.06. The Labute approximate surface area is 349 Å². The normalized spacial score (nSPS) is 12.2. The smallest absolute Gasteiger partial charge is 0.320 e. The predicted octanol–water partition coefficient (Wildman–Crippen LogP) is 2.46. The summed E-state index contributed by atoms with van der Waals surface area (Å²) in [6, 6.07) is -2.70. The van der Waals surface area contributed by atoms with Crippen molar-refractivity contribution in [3.05, 3.63) is 0 Å². The monoisotopic (exact) mass is 854 g/mol. The number of nitrogens with two attached hydrogens (primary N) is 4. The van der Waals surface area contributed by atoms with Crippen LogP contribution in [0, 0.1) is 0 Å². The number of ether oxygens (including phenoxy) is 1. The van der Waals surface area contributed by atoms with Crippen molar-refractivity contribution >= 4 is 64.4 Å². The second kappa shape index (κ2) is 43.1. The SMILES string of the molecule is C.CC(=O)CC(=O)CCCCC(N)C(C)=O.CC(=O)CNCCCCC(N)C(=O)O.CC(=O)COCCCCC(N)C(=O)O.CC(=O)CSCCCCC(N)C(=O)O. The van der Waals surface area contributed by atoms with Gasteiger partial charge in [0.15, 0.2) is 5.78 Å². The minimum Gasteiger partial charge on any atom is -0.480 e. The van der Waals surface area contributed by atoms with Gasteiger partial charge in [-0.1, -0.05) is 26.7 Å². The van der Waals surface area contributed by atoms with Crippen LogP contribution in [0.5, 0.6) is 0 Å². The third-order valence-corrected chi connectivity index (χ3v) is 8.54. The molecule has 0 rings (SSSR count). The van der Waals surface area contributed by atoms with E-state index in [1.165, 1.54) is 27.7 Å². The average Bonchev–Trinajstić information content (AvgIpc) is 3.10. The summed E-state index contributed by atoms with van der Waals surface area (Å²) in [6.45, 7) is 9.13. The van der Waals surface area contributed by atoms with Crippen molar-refractivity contribution in [3.8, 4) is 0 Å². The number of hydrogen-bond donors (Lipinski definition) is 8. The Balaban J connectivity index is -0.000000214. The topological polar surface area (TPSA) is 340 Å². The van der Waals surface area contributed by atoms with Crippen LogP contribution in [0.4, 0.5) is 0 Å². The van der Waals surface area contributed by atoms with Gasteiger partial charge in [0.25, 0.3) is 0 Å². The van der Waals surface area contributed by atoms with Crippen molar-refractivity contribution in [2.45, 2.75) is 156 Å². The fourth-order valence-electron chi connectivity index (χ4n) is 4.07. The molecule has 4 unspecified atom stereocenters. The maximum absolute atomic E-state index is 11.1. The lowest BCUT2D eigenvalue weighted by molar-refractivity contribution is -0.139. The number of thioether (sulfide) groups is 1. The van der Waals surface area contributed by atoms with Crippen LogP contribution in [0.3, 0.4) is 0 Å². The van der Waals surface area contributed by atoms with E-state index in [9.17, 15) is 43.2 Å². The van der Waals surface area contributed by atoms with Gasteiger partial charge >= 0.3 is 17.9 Å². The zero-order valence-electron chi connectivity index (χ0n) is 34.6. The van der Waals surface area contributed by atoms with Gasteiger partial charge < -0.3 is 48.3 Å². The Morgan fingerprint density at radius 2 is 1.02 bits per heavy atom. The van der Waals surface area contributed by atoms with E-state index in [4.69, 9.17) is 43.0 Å². The number of rotatable bonds is 32. The predicted molar refractivity (Wildman–Crippen MR) is 226 cm³/mol. The van der Waals surface area contributed by atoms with Crippen molar-refractivity contribution in [2.24, 2.45) is 22.9 Å². The Hall–Kier alpha value is -3.46. The van der Waals surface area contributed by atoms with Crippen LogP contribution in [0.2, 0.25) is 0 Å². The quantitative estimate of drug-likeness (QED) is 0.0356. The summed E-state index contributed by atoms with van der Waals surface area (Å²) < 4.78 is 5.00. The third kappa shape index (κ3) is 54.6. The van der Waals surface area contributed by atoms with Crippen molar-refractivity contribution in [1.29, 1.82) is 0 Å². The first-order valence-electron chi connectivity index (χ1n) is 19.1. The second-order valence-corrected chi connectivity index (χ2v) is 14.7. The summed E-state index contributed by atoms with van der Waals surface area (Å²) >= 11 is 1.58. The largest absolute Gasteiger partial charge is 0.480 e. The van der Waals surface area contributed by atoms with Gasteiger partial charge in [0, 0.05) is 13.0 Å². The summed E-state index contributed by atoms with van der Waals surface area (Å²) in [7, 11) is 0. The maximum Gasteiger partial charge on any atom is 0.320 e. The highest BCUT2D eigenvalue weighted by molar-refractivity contribution is 7.99. The average molecular weight is 854 g/mol. The van der Waals surface area contributed by atoms with E-state index in [2.05, 4.69) is 5.32 Å². The van der Waals surface area contributed by atoms with Crippen LogP contribution in [0.25, 0.3) is 0 Å². The molecule has 0 radical (unpaired) electrons. The number of aliphatic carboxylic acids is 3. The van der Waals surface area contributed by atoms with Crippen LogP contribution in [0.1, 0.15) is 132 Å². The van der Waals surface area contributed by atoms with E-state index in [0.29, 0.717) is 63.9 Å². The summed E-state index contributed by atoms with van der Waals surface area (Å²) in [5.41, 5.74) is 21.4. The van der Waals surface area contributed by atoms with Gasteiger partial charge in [0.05, 0.1) is 24.8 Å². The molecule has 19 heteroatoms. The summed E-state index contributed by atoms with van der Waals surface area (Å²) in [4.78, 5) is 95.0. The van der Waals surface area contributed by atoms with E-state index in [-0.39, 0.29) is 55.2 Å². The molecule has 0 aromatic rings. The van der Waals surface area contributed by atoms with E-state index in [0.717, 1.165) is 50.8 Å². The van der Waals surface area contributed by atoms with Gasteiger partial charge in [-0.3, -0.25) is 43.2 Å². The van der Waals surface area contributed by atoms with Crippen molar-refractivity contribution in [3.63, 3.8) is 0 Å². The molecule has 0 saturated heterocycles. The molecule has 58 heavy (non-hydrogen) atoms. The molecule has 4 atom stereocenters. The number of Topliss-reactive ketones (excluding diaryl/α,β-unsaturated/α-hetero) is 6. The molecule has 0 fully saturated rings. The maximum atomic E-state index is 11.1. The highest BCUT2D eigenvalue weighted by atomic mass is 32.2. The highest BCUT2D eigenvalue weighted by Crippen LogP contribution is 2.08. The number of unbranched alkanes of at least 4 members (excludes halogenated alkanes) is 4. The van der Waals surface area contributed by atoms with Crippen molar-refractivity contribution in [1.82, 2.24) is 5.32 Å². The zero-order valence-corrected chi connectivity index (χ0v) is 35.4. The first kappa shape index (κ1) is 63.7. The van der Waals surface area contributed by atoms with Crippen LogP contribution < -0.4 is 28.3 Å². The molecule has 18 nitrogen and oxygen atoms in total. The molecule has 12 N–H and O–H groups in total. The fraction of sp³-hybridized carbons (Fsp3) is 0.769. The molecule has 0 saturated carbocycles. The lowest BCUT2D eigenvalue weighted by atomic mass is 10.0. The summed E-state index contributed by atoms with van der Waals surface area (Å²) in [5, 5.41) is 28.4. The Kier molecular flexibility index (Phi) is 47.4. The minimum atomic E-state index is -0.977. The van der Waals surface area contributed by atoms with Crippen LogP contribution in [-0.4, -0.2) is 130 Å². The molecule has 0 spiro atoms. The number of nitrogens with one attached hydrogen (secondary N) is 1. The number of carbonyl (C=O) groups is 9. The molecule has 0 aliphatic heterocycles. The minimum absolute atomic E-state index is 0. The van der Waals surface area contributed by atoms with Gasteiger partial charge in [-0.05, 0) is 105 Å². The molecule has 0 aliphatic rings. The van der Waals surface area contributed by atoms with Crippen molar-refractivity contribution < 1.29 is 63.2 Å². The van der Waals surface area contributed by atoms with Gasteiger partial charge in [-0.2, -0.15) is 11.8 Å². The number of carbonyl (C=O) groups excluding carboxylic acids is 6. The number of ketones is 6. The second-order valence-electron chi connectivity index (χ2n) is 13.6. The fourth-order valence-corrected chi connectivity index (χ4v) is 4.91. The van der Waals surface area contributed by atoms with Gasteiger partial charge in [-0.25, -0.2) is 0 Å². The molecule has 0 heterocycles. The molecule has 0 aliphatic carbocycles. The van der Waals surface area contributed by atoms with E-state index in [1.807, 2.05) is 0 Å². The first-order chi connectivity index (χ1) is 26.5. The third-order valence-electron chi connectivity index (χ3n) is 7.35. The van der Waals surface area contributed by atoms with Gasteiger partial charge in [0.1, 0.15) is 53.6 Å². The zero-order chi connectivity index (χ0) is 44.8. The van der Waals surface area contributed by atoms with Crippen molar-refractivity contribution in [2.75, 3.05) is 37.8 Å². The molecule has 0 aromatic heterocycles. The van der Waals surface area contributed by atoms with Crippen LogP contribution in [-0.2, 0) is 47.9 Å². The lowest BCUT2D eigenvalue weighted by Crippen LogP contribution is -2.30. The molecule has 0 amide bonds. The van der Waals surface area contributed by atoms with E-state index < -0.39 is 42.1 Å². The van der Waals surface area contributed by atoms with E-state index in [1.54, 1.807) is 18.7 Å². The number of carboxylic acid groups (broad SMARTS) is 3. The highest BCUT2D eigenvalue weighted by Gasteiger charge is 2.12. The Morgan fingerprint density at radius 3 is 1.43 bits per heavy atom. The first-order valence-corrected chi connectivity index (χ1v) is 20.3.